The molecule has 0 bridgehead atoms. The number of aromatic nitrogens is 2. The Bertz CT molecular complexity index is 1420. The maximum absolute atomic E-state index is 14.4. The van der Waals surface area contributed by atoms with Crippen LogP contribution >= 0.6 is 0 Å². The number of halogens is 2. The van der Waals surface area contributed by atoms with Crippen LogP contribution in [0.1, 0.15) is 0 Å². The molecule has 2 heterocycles. The molecular weight excluding hydrogens is 434 g/mol. The van der Waals surface area contributed by atoms with Crippen LogP contribution in [0.15, 0.2) is 42.5 Å². The summed E-state index contributed by atoms with van der Waals surface area (Å²) in [7, 11) is 9.83. The molecule has 0 aliphatic heterocycles. The minimum absolute atomic E-state index is 0.280. The molecular formula is C27H30F2N4O. The summed E-state index contributed by atoms with van der Waals surface area (Å²) in [6.07, 6.45) is 0. The molecule has 5 nitrogen and oxygen atoms in total. The Hall–Kier alpha value is -3.16. The van der Waals surface area contributed by atoms with Crippen molar-refractivity contribution in [3.63, 3.8) is 0 Å². The predicted molar refractivity (Wildman–Crippen MR) is 136 cm³/mol. The lowest BCUT2D eigenvalue weighted by molar-refractivity contribution is 0.383. The van der Waals surface area contributed by atoms with Gasteiger partial charge in [0.25, 0.3) is 0 Å². The van der Waals surface area contributed by atoms with Gasteiger partial charge in [0.1, 0.15) is 11.6 Å². The van der Waals surface area contributed by atoms with Crippen molar-refractivity contribution in [1.82, 2.24) is 18.9 Å². The van der Waals surface area contributed by atoms with Gasteiger partial charge in [0.05, 0.1) is 18.1 Å². The molecule has 3 aromatic carbocycles. The summed E-state index contributed by atoms with van der Waals surface area (Å²) in [5.41, 5.74) is 3.79. The van der Waals surface area contributed by atoms with Gasteiger partial charge in [-0.15, -0.1) is 0 Å². The van der Waals surface area contributed by atoms with Gasteiger partial charge in [-0.25, -0.2) is 8.78 Å². The van der Waals surface area contributed by atoms with Crippen LogP contribution in [-0.2, 0) is 13.1 Å². The molecule has 0 fully saturated rings. The minimum atomic E-state index is -0.280. The summed E-state index contributed by atoms with van der Waals surface area (Å²) in [6.45, 7) is 3.11. The Balaban J connectivity index is 1.96. The first kappa shape index (κ1) is 22.6. The van der Waals surface area contributed by atoms with Crippen LogP contribution in [0.2, 0.25) is 0 Å². The van der Waals surface area contributed by atoms with Crippen molar-refractivity contribution in [1.29, 1.82) is 0 Å². The highest BCUT2D eigenvalue weighted by Gasteiger charge is 2.23. The first-order chi connectivity index (χ1) is 16.3. The van der Waals surface area contributed by atoms with Crippen LogP contribution in [0.3, 0.4) is 0 Å². The van der Waals surface area contributed by atoms with Crippen LogP contribution < -0.4 is 4.74 Å². The summed E-state index contributed by atoms with van der Waals surface area (Å²) < 4.78 is 39.3. The lowest BCUT2D eigenvalue weighted by Crippen LogP contribution is -2.19. The quantitative estimate of drug-likeness (QED) is 0.326. The number of likely N-dealkylation sites (N-methyl/N-ethyl adjacent to an activating group) is 2. The summed E-state index contributed by atoms with van der Waals surface area (Å²) in [5, 5.41) is 3.49. The van der Waals surface area contributed by atoms with E-state index in [-0.39, 0.29) is 11.6 Å². The Morgan fingerprint density at radius 1 is 0.676 bits per heavy atom. The molecule has 0 N–H and O–H groups in total. The topological polar surface area (TPSA) is 25.6 Å². The highest BCUT2D eigenvalue weighted by molar-refractivity contribution is 6.21. The number of methoxy groups -OCH3 is 1. The molecule has 0 saturated carbocycles. The number of hydrogen-bond donors (Lipinski definition) is 0. The van der Waals surface area contributed by atoms with E-state index in [2.05, 4.69) is 25.0 Å². The minimum Gasteiger partial charge on any atom is -0.492 e. The summed E-state index contributed by atoms with van der Waals surface area (Å²) in [6, 6.07) is 11.9. The zero-order valence-electron chi connectivity index (χ0n) is 20.3. The van der Waals surface area contributed by atoms with E-state index in [1.54, 1.807) is 19.2 Å². The fourth-order valence-corrected chi connectivity index (χ4v) is 5.00. The lowest BCUT2D eigenvalue weighted by atomic mass is 10.1. The van der Waals surface area contributed by atoms with Gasteiger partial charge in [0.2, 0.25) is 0 Å². The second-order valence-electron chi connectivity index (χ2n) is 9.43. The van der Waals surface area contributed by atoms with Crippen molar-refractivity contribution in [3.05, 3.63) is 54.1 Å². The molecule has 5 aromatic rings. The molecule has 0 spiro atoms. The Labute approximate surface area is 197 Å². The van der Waals surface area contributed by atoms with E-state index >= 15 is 0 Å². The summed E-state index contributed by atoms with van der Waals surface area (Å²) in [5.74, 6) is 0.175. The molecule has 0 radical (unpaired) electrons. The van der Waals surface area contributed by atoms with E-state index in [1.807, 2.05) is 40.3 Å². The molecule has 0 atom stereocenters. The predicted octanol–water partition coefficient (Wildman–Crippen LogP) is 5.31. The van der Waals surface area contributed by atoms with E-state index in [9.17, 15) is 8.78 Å². The molecule has 34 heavy (non-hydrogen) atoms. The molecule has 0 aliphatic carbocycles. The third-order valence-corrected chi connectivity index (χ3v) is 6.59. The van der Waals surface area contributed by atoms with Gasteiger partial charge in [-0.2, -0.15) is 0 Å². The van der Waals surface area contributed by atoms with Gasteiger partial charge >= 0.3 is 0 Å². The lowest BCUT2D eigenvalue weighted by Gasteiger charge is -2.17. The number of nitrogens with zero attached hydrogens (tertiary/aromatic N) is 4. The first-order valence-electron chi connectivity index (χ1n) is 11.5. The molecule has 178 valence electrons. The van der Waals surface area contributed by atoms with Crippen LogP contribution in [-0.4, -0.2) is 67.3 Å². The van der Waals surface area contributed by atoms with Crippen molar-refractivity contribution in [2.24, 2.45) is 0 Å². The van der Waals surface area contributed by atoms with E-state index in [0.29, 0.717) is 0 Å². The average molecular weight is 465 g/mol. The van der Waals surface area contributed by atoms with Crippen molar-refractivity contribution in [3.8, 4) is 5.75 Å². The van der Waals surface area contributed by atoms with Crippen molar-refractivity contribution in [2.45, 2.75) is 13.1 Å². The molecule has 0 unspecified atom stereocenters. The standard InChI is InChI=1S/C27H30F2N4O/c1-30(2)10-12-32-23-8-6-17(28)14-19(23)21-16-22-20-15-18(29)7-9-24(20)33(13-11-31(3)4)26(22)27(34-5)25(21)32/h6-9,14-16H,10-13H2,1-5H3. The summed E-state index contributed by atoms with van der Waals surface area (Å²) in [4.78, 5) is 4.26. The van der Waals surface area contributed by atoms with Crippen LogP contribution in [0.4, 0.5) is 8.78 Å². The van der Waals surface area contributed by atoms with Crippen LogP contribution in [0, 0.1) is 11.6 Å². The van der Waals surface area contributed by atoms with E-state index in [0.717, 1.165) is 75.5 Å². The number of ether oxygens (including phenoxy) is 1. The van der Waals surface area contributed by atoms with Gasteiger partial charge in [-0.05, 0) is 70.7 Å². The molecule has 7 heteroatoms. The second-order valence-corrected chi connectivity index (χ2v) is 9.43. The van der Waals surface area contributed by atoms with E-state index < -0.39 is 0 Å². The fraction of sp³-hybridized carbons (Fsp3) is 0.333. The fourth-order valence-electron chi connectivity index (χ4n) is 5.00. The number of hydrogen-bond acceptors (Lipinski definition) is 3. The Morgan fingerprint density at radius 3 is 1.50 bits per heavy atom. The largest absolute Gasteiger partial charge is 0.492 e. The Morgan fingerprint density at radius 2 is 1.12 bits per heavy atom. The number of benzene rings is 3. The van der Waals surface area contributed by atoms with Gasteiger partial charge in [-0.1, -0.05) is 0 Å². The van der Waals surface area contributed by atoms with Gasteiger partial charge < -0.3 is 23.7 Å². The molecule has 0 amide bonds. The second kappa shape index (κ2) is 8.56. The molecule has 2 aromatic heterocycles. The number of fused-ring (bicyclic) bond motifs is 6. The van der Waals surface area contributed by atoms with Gasteiger partial charge in [0, 0.05) is 58.8 Å². The van der Waals surface area contributed by atoms with Crippen LogP contribution in [0.25, 0.3) is 43.6 Å². The third-order valence-electron chi connectivity index (χ3n) is 6.59. The normalized spacial score (nSPS) is 12.4. The monoisotopic (exact) mass is 464 g/mol. The Kier molecular flexibility index (Phi) is 5.70. The zero-order chi connectivity index (χ0) is 24.1. The van der Waals surface area contributed by atoms with Crippen molar-refractivity contribution < 1.29 is 13.5 Å². The third kappa shape index (κ3) is 3.60. The maximum Gasteiger partial charge on any atom is 0.167 e. The highest BCUT2D eigenvalue weighted by atomic mass is 19.1. The van der Waals surface area contributed by atoms with Gasteiger partial charge in [-0.3, -0.25) is 0 Å². The summed E-state index contributed by atoms with van der Waals surface area (Å²) >= 11 is 0. The van der Waals surface area contributed by atoms with E-state index in [4.69, 9.17) is 4.74 Å². The maximum atomic E-state index is 14.4. The zero-order valence-corrected chi connectivity index (χ0v) is 20.3. The average Bonchev–Trinajstić information content (AvgIpc) is 3.26. The SMILES string of the molecule is COc1c2c(cc3c4cc(F)ccc4n(CCN(C)C)c13)c1cc(F)ccc1n2CCN(C)C. The number of rotatable bonds is 7. The van der Waals surface area contributed by atoms with Crippen LogP contribution in [0.5, 0.6) is 5.75 Å². The first-order valence-corrected chi connectivity index (χ1v) is 11.5. The molecule has 5 rings (SSSR count). The highest BCUT2D eigenvalue weighted by Crippen LogP contribution is 2.44. The molecule has 0 saturated heterocycles. The van der Waals surface area contributed by atoms with E-state index in [1.165, 1.54) is 12.1 Å². The van der Waals surface area contributed by atoms with Crippen molar-refractivity contribution in [2.75, 3.05) is 48.4 Å². The van der Waals surface area contributed by atoms with Crippen molar-refractivity contribution >= 4 is 43.6 Å². The van der Waals surface area contributed by atoms with Gasteiger partial charge in [0.15, 0.2) is 5.75 Å². The smallest absolute Gasteiger partial charge is 0.167 e. The molecule has 0 aliphatic rings.